The Morgan fingerprint density at radius 1 is 1.14 bits per heavy atom. The summed E-state index contributed by atoms with van der Waals surface area (Å²) in [5.41, 5.74) is 2.13. The molecule has 0 fully saturated rings. The van der Waals surface area contributed by atoms with Crippen LogP contribution in [0.5, 0.6) is 5.75 Å². The smallest absolute Gasteiger partial charge is 0.338 e. The Morgan fingerprint density at radius 2 is 1.93 bits per heavy atom. The van der Waals surface area contributed by atoms with Crippen LogP contribution in [0.4, 0.5) is 5.69 Å². The highest BCUT2D eigenvalue weighted by atomic mass is 16.5. The zero-order valence-electron chi connectivity index (χ0n) is 16.4. The van der Waals surface area contributed by atoms with E-state index in [0.717, 1.165) is 5.69 Å². The van der Waals surface area contributed by atoms with Gasteiger partial charge in [0.1, 0.15) is 23.7 Å². The van der Waals surface area contributed by atoms with Crippen molar-refractivity contribution in [3.05, 3.63) is 69.6 Å². The highest BCUT2D eigenvalue weighted by molar-refractivity contribution is 5.91. The zero-order chi connectivity index (χ0) is 20.3. The quantitative estimate of drug-likeness (QED) is 0.605. The van der Waals surface area contributed by atoms with E-state index in [-0.39, 0.29) is 12.0 Å². The van der Waals surface area contributed by atoms with E-state index in [4.69, 9.17) is 13.9 Å². The first kappa shape index (κ1) is 19.5. The summed E-state index contributed by atoms with van der Waals surface area (Å²) < 4.78 is 16.8. The van der Waals surface area contributed by atoms with Gasteiger partial charge in [-0.1, -0.05) is 13.0 Å². The number of nitrogens with zero attached hydrogens (tertiary/aromatic N) is 1. The molecular formula is C22H23NO5. The van der Waals surface area contributed by atoms with E-state index in [0.29, 0.717) is 40.0 Å². The first-order valence-corrected chi connectivity index (χ1v) is 9.01. The van der Waals surface area contributed by atoms with Gasteiger partial charge in [0.2, 0.25) is 0 Å². The number of benzene rings is 2. The van der Waals surface area contributed by atoms with Crippen molar-refractivity contribution in [1.29, 1.82) is 0 Å². The van der Waals surface area contributed by atoms with Crippen molar-refractivity contribution in [3.63, 3.8) is 0 Å². The third kappa shape index (κ3) is 3.86. The fraction of sp³-hybridized carbons (Fsp3) is 0.273. The Bertz CT molecular complexity index is 1070. The summed E-state index contributed by atoms with van der Waals surface area (Å²) in [6.45, 7) is 1.84. The van der Waals surface area contributed by atoms with Crippen LogP contribution in [0.2, 0.25) is 0 Å². The molecule has 3 rings (SSSR count). The number of esters is 1. The maximum absolute atomic E-state index is 12.5. The summed E-state index contributed by atoms with van der Waals surface area (Å²) in [6.07, 6.45) is 0.582. The van der Waals surface area contributed by atoms with Gasteiger partial charge in [0, 0.05) is 32.3 Å². The molecule has 6 nitrogen and oxygen atoms in total. The predicted octanol–water partition coefficient (Wildman–Crippen LogP) is 3.79. The summed E-state index contributed by atoms with van der Waals surface area (Å²) in [5.74, 6) is 0.604. The van der Waals surface area contributed by atoms with Gasteiger partial charge >= 0.3 is 5.97 Å². The molecule has 0 bridgehead atoms. The summed E-state index contributed by atoms with van der Waals surface area (Å²) in [5, 5.41) is 0.429. The molecule has 1 heterocycles. The molecule has 3 aromatic rings. The van der Waals surface area contributed by atoms with Crippen molar-refractivity contribution in [2.75, 3.05) is 26.1 Å². The average molecular weight is 381 g/mol. The van der Waals surface area contributed by atoms with Gasteiger partial charge in [-0.3, -0.25) is 4.79 Å². The number of aryl methyl sites for hydroxylation is 1. The molecule has 28 heavy (non-hydrogen) atoms. The molecule has 0 aliphatic carbocycles. The predicted molar refractivity (Wildman–Crippen MR) is 108 cm³/mol. The number of anilines is 1. The third-order valence-corrected chi connectivity index (χ3v) is 4.52. The van der Waals surface area contributed by atoms with Crippen LogP contribution in [0.1, 0.15) is 28.6 Å². The molecule has 0 amide bonds. The molecule has 0 N–H and O–H groups in total. The van der Waals surface area contributed by atoms with Crippen molar-refractivity contribution in [2.24, 2.45) is 0 Å². The molecular weight excluding hydrogens is 358 g/mol. The van der Waals surface area contributed by atoms with Gasteiger partial charge in [-0.2, -0.15) is 0 Å². The van der Waals surface area contributed by atoms with Crippen molar-refractivity contribution >= 4 is 22.6 Å². The van der Waals surface area contributed by atoms with Gasteiger partial charge < -0.3 is 18.8 Å². The lowest BCUT2D eigenvalue weighted by Gasteiger charge is -2.14. The number of rotatable bonds is 6. The minimum atomic E-state index is -0.461. The molecule has 2 aromatic carbocycles. The van der Waals surface area contributed by atoms with Gasteiger partial charge in [-0.05, 0) is 30.3 Å². The highest BCUT2D eigenvalue weighted by Gasteiger charge is 2.17. The fourth-order valence-corrected chi connectivity index (χ4v) is 2.94. The van der Waals surface area contributed by atoms with E-state index in [2.05, 4.69) is 0 Å². The van der Waals surface area contributed by atoms with E-state index in [1.54, 1.807) is 30.3 Å². The molecule has 0 radical (unpaired) electrons. The van der Waals surface area contributed by atoms with Gasteiger partial charge in [-0.25, -0.2) is 4.79 Å². The number of carbonyl (C=O) groups is 1. The SMILES string of the molecule is CCc1cc(=O)c2ccc(OC)c(COC(=O)c3cccc(N(C)C)c3)c2o1. The van der Waals surface area contributed by atoms with Crippen LogP contribution in [0.15, 0.2) is 51.7 Å². The normalized spacial score (nSPS) is 10.7. The Hall–Kier alpha value is -3.28. The number of hydrogen-bond acceptors (Lipinski definition) is 6. The molecule has 0 saturated carbocycles. The second-order valence-electron chi connectivity index (χ2n) is 6.57. The molecule has 0 spiro atoms. The third-order valence-electron chi connectivity index (χ3n) is 4.52. The number of methoxy groups -OCH3 is 1. The monoisotopic (exact) mass is 381 g/mol. The number of hydrogen-bond donors (Lipinski definition) is 0. The van der Waals surface area contributed by atoms with Gasteiger partial charge in [0.15, 0.2) is 5.43 Å². The Labute approximate surface area is 163 Å². The van der Waals surface area contributed by atoms with Crippen LogP contribution in [0, 0.1) is 0 Å². The summed E-state index contributed by atoms with van der Waals surface area (Å²) in [4.78, 5) is 26.8. The van der Waals surface area contributed by atoms with Crippen LogP contribution < -0.4 is 15.1 Å². The first-order valence-electron chi connectivity index (χ1n) is 9.01. The van der Waals surface area contributed by atoms with Gasteiger partial charge in [-0.15, -0.1) is 0 Å². The fourth-order valence-electron chi connectivity index (χ4n) is 2.94. The molecule has 0 atom stereocenters. The van der Waals surface area contributed by atoms with Crippen LogP contribution in [-0.2, 0) is 17.8 Å². The van der Waals surface area contributed by atoms with Crippen molar-refractivity contribution in [3.8, 4) is 5.75 Å². The van der Waals surface area contributed by atoms with Gasteiger partial charge in [0.05, 0.1) is 23.6 Å². The molecule has 0 aliphatic rings. The van der Waals surface area contributed by atoms with Crippen molar-refractivity contribution < 1.29 is 18.7 Å². The Morgan fingerprint density at radius 3 is 2.61 bits per heavy atom. The molecule has 1 aromatic heterocycles. The van der Waals surface area contributed by atoms with E-state index in [1.165, 1.54) is 13.2 Å². The first-order chi connectivity index (χ1) is 13.4. The molecule has 0 aliphatic heterocycles. The van der Waals surface area contributed by atoms with E-state index >= 15 is 0 Å². The molecule has 0 saturated heterocycles. The number of carbonyl (C=O) groups excluding carboxylic acids is 1. The van der Waals surface area contributed by atoms with Crippen LogP contribution >= 0.6 is 0 Å². The van der Waals surface area contributed by atoms with Crippen LogP contribution in [0.3, 0.4) is 0 Å². The Kier molecular flexibility index (Phi) is 5.68. The average Bonchev–Trinajstić information content (AvgIpc) is 2.71. The minimum Gasteiger partial charge on any atom is -0.496 e. The topological polar surface area (TPSA) is 69.0 Å². The minimum absolute atomic E-state index is 0.0678. The van der Waals surface area contributed by atoms with E-state index in [1.807, 2.05) is 32.0 Å². The summed E-state index contributed by atoms with van der Waals surface area (Å²) in [6, 6.07) is 12.0. The van der Waals surface area contributed by atoms with Crippen LogP contribution in [-0.4, -0.2) is 27.2 Å². The van der Waals surface area contributed by atoms with Gasteiger partial charge in [0.25, 0.3) is 0 Å². The second kappa shape index (κ2) is 8.17. The van der Waals surface area contributed by atoms with Crippen molar-refractivity contribution in [2.45, 2.75) is 20.0 Å². The van der Waals surface area contributed by atoms with Crippen LogP contribution in [0.25, 0.3) is 11.0 Å². The standard InChI is InChI=1S/C22H23NO5/c1-5-16-12-19(24)17-9-10-20(26-4)18(21(17)28-16)13-27-22(25)14-7-6-8-15(11-14)23(2)3/h6-12H,5,13H2,1-4H3. The maximum atomic E-state index is 12.5. The maximum Gasteiger partial charge on any atom is 0.338 e. The molecule has 0 unspecified atom stereocenters. The molecule has 146 valence electrons. The summed E-state index contributed by atoms with van der Waals surface area (Å²) >= 11 is 0. The lowest BCUT2D eigenvalue weighted by Crippen LogP contribution is -2.11. The number of fused-ring (bicyclic) bond motifs is 1. The largest absolute Gasteiger partial charge is 0.496 e. The number of ether oxygens (including phenoxy) is 2. The lowest BCUT2D eigenvalue weighted by atomic mass is 10.1. The second-order valence-corrected chi connectivity index (χ2v) is 6.57. The Balaban J connectivity index is 1.95. The molecule has 6 heteroatoms. The zero-order valence-corrected chi connectivity index (χ0v) is 16.4. The highest BCUT2D eigenvalue weighted by Crippen LogP contribution is 2.28. The summed E-state index contributed by atoms with van der Waals surface area (Å²) in [7, 11) is 5.33. The van der Waals surface area contributed by atoms with E-state index < -0.39 is 5.97 Å². The lowest BCUT2D eigenvalue weighted by molar-refractivity contribution is 0.0471. The van der Waals surface area contributed by atoms with E-state index in [9.17, 15) is 9.59 Å². The van der Waals surface area contributed by atoms with Crippen molar-refractivity contribution in [1.82, 2.24) is 0 Å².